The summed E-state index contributed by atoms with van der Waals surface area (Å²) in [5, 5.41) is 12.5. The van der Waals surface area contributed by atoms with Crippen LogP contribution in [-0.2, 0) is 29.2 Å². The first kappa shape index (κ1) is 60.1. The molecule has 0 bridgehead atoms. The molecule has 420 valence electrons. The van der Waals surface area contributed by atoms with Crippen molar-refractivity contribution in [3.05, 3.63) is 191 Å². The number of anilines is 3. The van der Waals surface area contributed by atoms with Gasteiger partial charge in [0.2, 0.25) is 5.91 Å². The fourth-order valence-corrected chi connectivity index (χ4v) is 11.2. The van der Waals surface area contributed by atoms with Crippen LogP contribution >= 0.6 is 0 Å². The summed E-state index contributed by atoms with van der Waals surface area (Å²) >= 11 is 0. The zero-order valence-electron chi connectivity index (χ0n) is 47.0. The number of hydrogen-bond donors (Lipinski definition) is 2. The van der Waals surface area contributed by atoms with Gasteiger partial charge in [-0.1, -0.05) is 109 Å². The summed E-state index contributed by atoms with van der Waals surface area (Å²) in [6, 6.07) is 54.1. The van der Waals surface area contributed by atoms with Gasteiger partial charge in [-0.25, -0.2) is 0 Å². The third-order valence-corrected chi connectivity index (χ3v) is 15.4. The zero-order valence-corrected chi connectivity index (χ0v) is 48.6. The monoisotopic (exact) mass is 1110 g/mol. The van der Waals surface area contributed by atoms with Crippen molar-refractivity contribution in [2.24, 2.45) is 0 Å². The summed E-state index contributed by atoms with van der Waals surface area (Å²) in [4.78, 5) is 21.4. The Labute approximate surface area is 470 Å². The Bertz CT molecular complexity index is 3170. The molecule has 0 atom stereocenters. The van der Waals surface area contributed by atoms with Crippen molar-refractivity contribution in [3.63, 3.8) is 0 Å². The maximum Gasteiger partial charge on any atom is 0.306 e. The molecule has 2 saturated heterocycles. The summed E-state index contributed by atoms with van der Waals surface area (Å²) in [5.41, 5.74) is 13.9. The van der Waals surface area contributed by atoms with Gasteiger partial charge in [0.1, 0.15) is 5.75 Å². The van der Waals surface area contributed by atoms with Crippen molar-refractivity contribution in [2.45, 2.75) is 72.4 Å². The minimum Gasteiger partial charge on any atom is -0.396 e. The third-order valence-electron chi connectivity index (χ3n) is 14.3. The number of nitrogens with zero attached hydrogens (tertiary/aromatic N) is 4. The van der Waals surface area contributed by atoms with Crippen molar-refractivity contribution >= 4 is 65.5 Å². The molecule has 0 radical (unpaired) electrons. The Morgan fingerprint density at radius 3 is 1.24 bits per heavy atom. The van der Waals surface area contributed by atoms with Crippen LogP contribution in [0.25, 0.3) is 22.3 Å². The lowest BCUT2D eigenvalue weighted by molar-refractivity contribution is -0.114. The van der Waals surface area contributed by atoms with Crippen molar-refractivity contribution in [1.29, 1.82) is 0 Å². The molecule has 2 N–H and O–H groups in total. The molecule has 13 nitrogen and oxygen atoms in total. The lowest BCUT2D eigenvalue weighted by Gasteiger charge is -2.38. The van der Waals surface area contributed by atoms with Crippen LogP contribution in [0.3, 0.4) is 0 Å². The van der Waals surface area contributed by atoms with Crippen LogP contribution in [0, 0.1) is 0 Å². The Kier molecular flexibility index (Phi) is 21.7. The first-order chi connectivity index (χ1) is 37.9. The third kappa shape index (κ3) is 18.0. The van der Waals surface area contributed by atoms with Gasteiger partial charge in [-0.3, -0.25) is 18.8 Å². The number of aliphatic hydroxyl groups is 1. The molecular formula is C64H79N5O8S2. The Morgan fingerprint density at radius 1 is 0.506 bits per heavy atom. The standard InChI is InChI=1S/C32H39N3O2.C32H40N2O6S2/c1-24(2)34-19-21-35(22-20-34)30-17-13-28(14-18-30)32(27-11-15-29(16-12-27)33-25(3)37)31(10-7-23-36)26-8-5-4-6-9-26;1-25(2)33-20-22-34(23-21-33)29-16-12-27(13-17-29)32(28-14-18-30(19-15-28)40-42(4,37)38)31(26-9-6-5-7-10-26)11-8-24-39-41(3,35)36/h4-6,8-9,11-18,24,36H,7,10,19-23H2,1-3H3,(H,33,37);5-7,9-10,12-19,25H,8,11,20-24H2,1-4H3/b32-31-;32-31+. The molecular weight excluding hydrogens is 1030 g/mol. The molecule has 2 fully saturated rings. The number of carbonyl (C=O) groups is 1. The molecule has 0 spiro atoms. The number of nitrogens with one attached hydrogen (secondary N) is 1. The lowest BCUT2D eigenvalue weighted by atomic mass is 9.87. The number of hydrogen-bond acceptors (Lipinski definition) is 12. The van der Waals surface area contributed by atoms with E-state index in [0.29, 0.717) is 31.3 Å². The summed E-state index contributed by atoms with van der Waals surface area (Å²) in [6.07, 6.45) is 4.58. The number of allylic oxidation sites excluding steroid dienone is 2. The molecule has 2 heterocycles. The maximum absolute atomic E-state index is 11.7. The highest BCUT2D eigenvalue weighted by Crippen LogP contribution is 2.39. The van der Waals surface area contributed by atoms with Crippen LogP contribution in [0.5, 0.6) is 5.75 Å². The molecule has 0 aromatic heterocycles. The highest BCUT2D eigenvalue weighted by atomic mass is 32.2. The number of piperazine rings is 2. The summed E-state index contributed by atoms with van der Waals surface area (Å²) in [6.45, 7) is 19.0. The van der Waals surface area contributed by atoms with Crippen LogP contribution in [-0.4, -0.2) is 128 Å². The van der Waals surface area contributed by atoms with E-state index in [9.17, 15) is 26.7 Å². The van der Waals surface area contributed by atoms with Crippen molar-refractivity contribution in [2.75, 3.05) is 93.2 Å². The van der Waals surface area contributed by atoms with E-state index in [-0.39, 0.29) is 24.9 Å². The minimum absolute atomic E-state index is 0.0743. The van der Waals surface area contributed by atoms with Crippen molar-refractivity contribution in [1.82, 2.24) is 9.80 Å². The average Bonchev–Trinajstić information content (AvgIpc) is 3.43. The second kappa shape index (κ2) is 28.5. The number of carbonyl (C=O) groups excluding carboxylic acids is 1. The lowest BCUT2D eigenvalue weighted by Crippen LogP contribution is -2.48. The number of benzene rings is 6. The predicted molar refractivity (Wildman–Crippen MR) is 324 cm³/mol. The van der Waals surface area contributed by atoms with Gasteiger partial charge < -0.3 is 24.4 Å². The Morgan fingerprint density at radius 2 is 0.886 bits per heavy atom. The number of rotatable bonds is 21. The summed E-state index contributed by atoms with van der Waals surface area (Å²) < 4.78 is 56.6. The van der Waals surface area contributed by atoms with Gasteiger partial charge in [0.25, 0.3) is 10.1 Å². The quantitative estimate of drug-likeness (QED) is 0.0401. The number of aliphatic hydroxyl groups excluding tert-OH is 1. The average molecular weight is 1110 g/mol. The molecule has 1 amide bonds. The topological polar surface area (TPSA) is 149 Å². The molecule has 2 aliphatic rings. The molecule has 0 aliphatic carbocycles. The molecule has 0 saturated carbocycles. The van der Waals surface area contributed by atoms with E-state index in [4.69, 9.17) is 8.37 Å². The SMILES string of the molecule is CC(=O)Nc1ccc(/C(=C(\CCCO)c2ccccc2)c2ccc(N3CCN(C(C)C)CC3)cc2)cc1.CC(C)N1CCN(c2ccc(/C(=C(/CCCOS(C)(=O)=O)c3ccccc3)c3ccc(OS(C)(=O)=O)cc3)cc2)CC1. The number of amides is 1. The van der Waals surface area contributed by atoms with E-state index in [1.807, 2.05) is 60.7 Å². The molecule has 8 rings (SSSR count). The minimum atomic E-state index is -3.66. The van der Waals surface area contributed by atoms with E-state index >= 15 is 0 Å². The molecule has 79 heavy (non-hydrogen) atoms. The van der Waals surface area contributed by atoms with Gasteiger partial charge in [0.15, 0.2) is 0 Å². The summed E-state index contributed by atoms with van der Waals surface area (Å²) in [5.74, 6) is 0.153. The molecule has 6 aromatic carbocycles. The highest BCUT2D eigenvalue weighted by molar-refractivity contribution is 7.86. The van der Waals surface area contributed by atoms with Gasteiger partial charge in [-0.15, -0.1) is 0 Å². The Hall–Kier alpha value is -6.59. The maximum atomic E-state index is 11.7. The largest absolute Gasteiger partial charge is 0.396 e. The van der Waals surface area contributed by atoms with Crippen LogP contribution in [0.15, 0.2) is 158 Å². The second-order valence-corrected chi connectivity index (χ2v) is 24.0. The smallest absolute Gasteiger partial charge is 0.306 e. The van der Waals surface area contributed by atoms with E-state index in [2.05, 4.69) is 138 Å². The van der Waals surface area contributed by atoms with Crippen molar-refractivity contribution < 1.29 is 35.1 Å². The van der Waals surface area contributed by atoms with E-state index in [1.165, 1.54) is 23.9 Å². The van der Waals surface area contributed by atoms with E-state index in [1.54, 1.807) is 12.1 Å². The molecule has 0 unspecified atom stereocenters. The van der Waals surface area contributed by atoms with E-state index < -0.39 is 20.2 Å². The predicted octanol–water partition coefficient (Wildman–Crippen LogP) is 11.2. The Balaban J connectivity index is 0.000000230. The zero-order chi connectivity index (χ0) is 56.5. The highest BCUT2D eigenvalue weighted by Gasteiger charge is 2.23. The normalized spacial score (nSPS) is 15.3. The molecule has 2 aliphatic heterocycles. The van der Waals surface area contributed by atoms with Crippen LogP contribution in [0.4, 0.5) is 17.1 Å². The van der Waals surface area contributed by atoms with Crippen LogP contribution in [0.1, 0.15) is 93.7 Å². The second-order valence-electron chi connectivity index (χ2n) is 20.8. The first-order valence-electron chi connectivity index (χ1n) is 27.4. The van der Waals surface area contributed by atoms with E-state index in [0.717, 1.165) is 127 Å². The van der Waals surface area contributed by atoms with Gasteiger partial charge in [-0.2, -0.15) is 16.8 Å². The summed E-state index contributed by atoms with van der Waals surface area (Å²) in [7, 11) is -7.20. The van der Waals surface area contributed by atoms with Crippen LogP contribution in [0.2, 0.25) is 0 Å². The van der Waals surface area contributed by atoms with Crippen LogP contribution < -0.4 is 19.3 Å². The van der Waals surface area contributed by atoms with Gasteiger partial charge in [-0.05, 0) is 158 Å². The first-order valence-corrected chi connectivity index (χ1v) is 31.1. The fourth-order valence-electron chi connectivity index (χ4n) is 10.3. The fraction of sp³-hybridized carbons (Fsp3) is 0.359. The molecule has 6 aromatic rings. The van der Waals surface area contributed by atoms with Gasteiger partial charge in [0, 0.05) is 95.0 Å². The van der Waals surface area contributed by atoms with Crippen molar-refractivity contribution in [3.8, 4) is 5.75 Å². The van der Waals surface area contributed by atoms with Gasteiger partial charge >= 0.3 is 10.1 Å². The van der Waals surface area contributed by atoms with Gasteiger partial charge in [0.05, 0.1) is 19.1 Å². The molecule has 15 heteroatoms.